The Kier molecular flexibility index (Phi) is 4.50. The standard InChI is InChI=1S/C14H22N4O6/c1-16(14(21)22)8-2-4-10(6-8)24-15-12(19)11-5-3-9-7-17(11)13(20)18(9)23/h8-11,23H,2-7H2,1H3,(H,15,19)(H,21,22)/t8?,9-,10?,11+/m1/s1. The van der Waals surface area contributed by atoms with Crippen molar-refractivity contribution in [2.24, 2.45) is 0 Å². The van der Waals surface area contributed by atoms with Gasteiger partial charge in [0, 0.05) is 19.6 Å². The van der Waals surface area contributed by atoms with Gasteiger partial charge in [0.15, 0.2) is 0 Å². The summed E-state index contributed by atoms with van der Waals surface area (Å²) in [7, 11) is 1.52. The van der Waals surface area contributed by atoms with Gasteiger partial charge in [0.25, 0.3) is 5.91 Å². The molecule has 4 atom stereocenters. The lowest BCUT2D eigenvalue weighted by molar-refractivity contribution is -0.143. The van der Waals surface area contributed by atoms with Crippen LogP contribution in [0.2, 0.25) is 0 Å². The molecule has 0 aromatic rings. The number of hydrogen-bond donors (Lipinski definition) is 3. The number of carbonyl (C=O) groups is 3. The molecule has 2 heterocycles. The first-order valence-electron chi connectivity index (χ1n) is 8.08. The number of rotatable bonds is 4. The molecule has 10 nitrogen and oxygen atoms in total. The highest BCUT2D eigenvalue weighted by molar-refractivity contribution is 5.87. The van der Waals surface area contributed by atoms with Crippen LogP contribution in [0.1, 0.15) is 32.1 Å². The lowest BCUT2D eigenvalue weighted by Gasteiger charge is -2.29. The van der Waals surface area contributed by atoms with Gasteiger partial charge in [-0.1, -0.05) is 0 Å². The van der Waals surface area contributed by atoms with Crippen LogP contribution in [0.15, 0.2) is 0 Å². The number of piperidine rings is 1. The predicted molar refractivity (Wildman–Crippen MR) is 79.0 cm³/mol. The minimum absolute atomic E-state index is 0.122. The highest BCUT2D eigenvalue weighted by Crippen LogP contribution is 2.29. The Morgan fingerprint density at radius 2 is 2.04 bits per heavy atom. The van der Waals surface area contributed by atoms with Gasteiger partial charge in [-0.15, -0.1) is 0 Å². The van der Waals surface area contributed by atoms with E-state index in [1.807, 2.05) is 0 Å². The van der Waals surface area contributed by atoms with Gasteiger partial charge in [0.2, 0.25) is 0 Å². The third kappa shape index (κ3) is 2.98. The molecule has 24 heavy (non-hydrogen) atoms. The normalized spacial score (nSPS) is 32.2. The van der Waals surface area contributed by atoms with Gasteiger partial charge in [-0.25, -0.2) is 20.1 Å². The average Bonchev–Trinajstić information content (AvgIpc) is 3.12. The molecule has 2 bridgehead atoms. The first-order chi connectivity index (χ1) is 11.4. The van der Waals surface area contributed by atoms with Gasteiger partial charge >= 0.3 is 12.1 Å². The molecule has 0 spiro atoms. The molecule has 2 saturated heterocycles. The molecule has 0 radical (unpaired) electrons. The maximum Gasteiger partial charge on any atom is 0.407 e. The fraction of sp³-hybridized carbons (Fsp3) is 0.786. The molecule has 0 aromatic heterocycles. The van der Waals surface area contributed by atoms with Crippen molar-refractivity contribution >= 4 is 18.0 Å². The Balaban J connectivity index is 1.48. The van der Waals surface area contributed by atoms with Crippen molar-refractivity contribution in [3.05, 3.63) is 0 Å². The van der Waals surface area contributed by atoms with Crippen molar-refractivity contribution in [3.63, 3.8) is 0 Å². The highest BCUT2D eigenvalue weighted by Gasteiger charge is 2.47. The first-order valence-corrected chi connectivity index (χ1v) is 8.08. The van der Waals surface area contributed by atoms with Gasteiger partial charge in [-0.3, -0.25) is 14.8 Å². The summed E-state index contributed by atoms with van der Waals surface area (Å²) in [5.74, 6) is -0.410. The number of carboxylic acid groups (broad SMARTS) is 1. The summed E-state index contributed by atoms with van der Waals surface area (Å²) in [4.78, 5) is 43.1. The SMILES string of the molecule is CN(C(=O)O)C1CCC(ONC(=O)[C@@H]2CC[C@@H]3CN2C(=O)N3O)C1. The molecule has 2 aliphatic heterocycles. The minimum atomic E-state index is -0.984. The second kappa shape index (κ2) is 6.44. The van der Waals surface area contributed by atoms with Crippen molar-refractivity contribution in [2.45, 2.75) is 56.3 Å². The van der Waals surface area contributed by atoms with E-state index in [-0.39, 0.29) is 18.2 Å². The summed E-state index contributed by atoms with van der Waals surface area (Å²) < 4.78 is 0. The van der Waals surface area contributed by atoms with Crippen LogP contribution >= 0.6 is 0 Å². The van der Waals surface area contributed by atoms with Gasteiger partial charge in [0.1, 0.15) is 6.04 Å². The highest BCUT2D eigenvalue weighted by atomic mass is 16.7. The molecule has 1 saturated carbocycles. The van der Waals surface area contributed by atoms with E-state index in [2.05, 4.69) is 5.48 Å². The molecule has 1 aliphatic carbocycles. The van der Waals surface area contributed by atoms with Crippen LogP contribution in [0.3, 0.4) is 0 Å². The van der Waals surface area contributed by atoms with E-state index in [9.17, 15) is 19.6 Å². The van der Waals surface area contributed by atoms with Crippen molar-refractivity contribution < 1.29 is 29.5 Å². The maximum absolute atomic E-state index is 12.3. The fourth-order valence-electron chi connectivity index (χ4n) is 3.66. The number of urea groups is 1. The molecule has 10 heteroatoms. The summed E-state index contributed by atoms with van der Waals surface area (Å²) in [5.41, 5.74) is 2.40. The minimum Gasteiger partial charge on any atom is -0.465 e. The van der Waals surface area contributed by atoms with Crippen molar-refractivity contribution in [2.75, 3.05) is 13.6 Å². The molecule has 3 N–H and O–H groups in total. The number of nitrogens with one attached hydrogen (secondary N) is 1. The molecule has 3 rings (SSSR count). The molecule has 134 valence electrons. The number of amides is 4. The zero-order valence-corrected chi connectivity index (χ0v) is 13.4. The number of nitrogens with zero attached hydrogens (tertiary/aromatic N) is 3. The Labute approximate surface area is 138 Å². The largest absolute Gasteiger partial charge is 0.465 e. The lowest BCUT2D eigenvalue weighted by Crippen LogP contribution is -2.50. The number of carbonyl (C=O) groups excluding carboxylic acids is 2. The van der Waals surface area contributed by atoms with Crippen molar-refractivity contribution in [1.29, 1.82) is 0 Å². The molecule has 3 aliphatic rings. The summed E-state index contributed by atoms with van der Waals surface area (Å²) in [6.45, 7) is 0.336. The Morgan fingerprint density at radius 3 is 2.75 bits per heavy atom. The van der Waals surface area contributed by atoms with Gasteiger partial charge in [0.05, 0.1) is 12.1 Å². The Morgan fingerprint density at radius 1 is 1.29 bits per heavy atom. The molecule has 2 unspecified atom stereocenters. The van der Waals surface area contributed by atoms with Gasteiger partial charge < -0.3 is 14.9 Å². The molecular weight excluding hydrogens is 320 g/mol. The van der Waals surface area contributed by atoms with Crippen LogP contribution in [0.25, 0.3) is 0 Å². The third-order valence-electron chi connectivity index (χ3n) is 5.18. The first kappa shape index (κ1) is 16.8. The Hall–Kier alpha value is -2.07. The second-order valence-electron chi connectivity index (χ2n) is 6.59. The molecule has 4 amide bonds. The van der Waals surface area contributed by atoms with Crippen molar-refractivity contribution in [1.82, 2.24) is 20.3 Å². The van der Waals surface area contributed by atoms with E-state index in [0.29, 0.717) is 43.7 Å². The fourth-order valence-corrected chi connectivity index (χ4v) is 3.66. The predicted octanol–water partition coefficient (Wildman–Crippen LogP) is 0.223. The quantitative estimate of drug-likeness (QED) is 0.496. The zero-order valence-electron chi connectivity index (χ0n) is 13.4. The third-order valence-corrected chi connectivity index (χ3v) is 5.18. The van der Waals surface area contributed by atoms with Crippen LogP contribution < -0.4 is 5.48 Å². The summed E-state index contributed by atoms with van der Waals surface area (Å²) in [6.07, 6.45) is 1.65. The van der Waals surface area contributed by atoms with E-state index in [4.69, 9.17) is 9.94 Å². The number of hydrogen-bond acceptors (Lipinski definition) is 5. The van der Waals surface area contributed by atoms with Gasteiger partial charge in [-0.2, -0.15) is 0 Å². The van der Waals surface area contributed by atoms with E-state index in [0.717, 1.165) is 0 Å². The average molecular weight is 342 g/mol. The van der Waals surface area contributed by atoms with Gasteiger partial charge in [-0.05, 0) is 32.1 Å². The van der Waals surface area contributed by atoms with Crippen molar-refractivity contribution in [3.8, 4) is 0 Å². The van der Waals surface area contributed by atoms with Crippen LogP contribution in [0.5, 0.6) is 0 Å². The smallest absolute Gasteiger partial charge is 0.407 e. The number of fused-ring (bicyclic) bond motifs is 2. The topological polar surface area (TPSA) is 123 Å². The van der Waals surface area contributed by atoms with Crippen LogP contribution in [-0.4, -0.2) is 81.0 Å². The monoisotopic (exact) mass is 342 g/mol. The van der Waals surface area contributed by atoms with E-state index < -0.39 is 24.1 Å². The summed E-state index contributed by atoms with van der Waals surface area (Å²) in [5, 5.41) is 19.3. The molecule has 0 aromatic carbocycles. The molecular formula is C14H22N4O6. The van der Waals surface area contributed by atoms with E-state index in [1.165, 1.54) is 16.8 Å². The Bertz CT molecular complexity index is 543. The zero-order chi connectivity index (χ0) is 17.4. The van der Waals surface area contributed by atoms with Crippen LogP contribution in [0.4, 0.5) is 9.59 Å². The molecule has 3 fully saturated rings. The van der Waals surface area contributed by atoms with Crippen LogP contribution in [0, 0.1) is 0 Å². The second-order valence-corrected chi connectivity index (χ2v) is 6.59. The summed E-state index contributed by atoms with van der Waals surface area (Å²) >= 11 is 0. The van der Waals surface area contributed by atoms with E-state index in [1.54, 1.807) is 0 Å². The van der Waals surface area contributed by atoms with E-state index >= 15 is 0 Å². The maximum atomic E-state index is 12.3. The summed E-state index contributed by atoms with van der Waals surface area (Å²) in [6, 6.07) is -1.57. The lowest BCUT2D eigenvalue weighted by atomic mass is 10.0. The van der Waals surface area contributed by atoms with Crippen LogP contribution in [-0.2, 0) is 9.63 Å². The number of hydroxylamine groups is 3.